The highest BCUT2D eigenvalue weighted by atomic mass is 16.5. The van der Waals surface area contributed by atoms with E-state index in [1.165, 1.54) is 19.3 Å². The molecule has 1 aromatic carbocycles. The molecule has 1 aliphatic rings. The van der Waals surface area contributed by atoms with Crippen molar-refractivity contribution in [3.63, 3.8) is 0 Å². The van der Waals surface area contributed by atoms with E-state index in [1.807, 2.05) is 0 Å². The summed E-state index contributed by atoms with van der Waals surface area (Å²) in [6, 6.07) is 2.99. The first-order valence-electron chi connectivity index (χ1n) is 8.65. The molecule has 0 saturated heterocycles. The number of cyclic esters (lactones) is 1. The average Bonchev–Trinajstić information content (AvgIpc) is 2.59. The van der Waals surface area contributed by atoms with Crippen LogP contribution in [0.1, 0.15) is 42.1 Å². The standard InChI is InChI=1S/C19H26O7/c1-11-5-3-7-14(20)18(23)15(21)8-4-6-12-9-13(25-2)10-16(22)17(12)19(24)26-11/h3,7,9-11,14-15,18,20-23H,4-6,8H2,1-2H3/b7-3-/t11-,14?,15-,18+/m0/s1. The normalized spacial score (nSPS) is 29.2. The lowest BCUT2D eigenvalue weighted by molar-refractivity contribution is -0.0447. The third-order valence-corrected chi connectivity index (χ3v) is 4.41. The molecule has 0 spiro atoms. The van der Waals surface area contributed by atoms with Gasteiger partial charge in [-0.2, -0.15) is 0 Å². The molecule has 0 saturated carbocycles. The zero-order valence-electron chi connectivity index (χ0n) is 15.0. The second kappa shape index (κ2) is 9.02. The predicted octanol–water partition coefficient (Wildman–Crippen LogP) is 1.31. The molecule has 4 atom stereocenters. The molecule has 0 fully saturated rings. The Morgan fingerprint density at radius 3 is 2.65 bits per heavy atom. The number of phenols is 1. The molecule has 1 aliphatic heterocycles. The van der Waals surface area contributed by atoms with Crippen LogP contribution in [0, 0.1) is 0 Å². The number of aromatic hydroxyl groups is 1. The number of benzene rings is 1. The number of aryl methyl sites for hydroxylation is 1. The number of rotatable bonds is 1. The Kier molecular flexibility index (Phi) is 7.02. The first-order chi connectivity index (χ1) is 12.3. The van der Waals surface area contributed by atoms with E-state index in [0.29, 0.717) is 30.6 Å². The number of ether oxygens (including phenoxy) is 2. The fourth-order valence-corrected chi connectivity index (χ4v) is 2.92. The monoisotopic (exact) mass is 366 g/mol. The van der Waals surface area contributed by atoms with Crippen LogP contribution in [0.4, 0.5) is 0 Å². The van der Waals surface area contributed by atoms with Crippen molar-refractivity contribution in [3.8, 4) is 11.5 Å². The van der Waals surface area contributed by atoms with Gasteiger partial charge < -0.3 is 29.9 Å². The van der Waals surface area contributed by atoms with Gasteiger partial charge in [-0.3, -0.25) is 0 Å². The Morgan fingerprint density at radius 2 is 1.96 bits per heavy atom. The lowest BCUT2D eigenvalue weighted by atomic mass is 9.96. The Bertz CT molecular complexity index is 656. The van der Waals surface area contributed by atoms with Gasteiger partial charge in [-0.1, -0.05) is 12.2 Å². The van der Waals surface area contributed by atoms with Gasteiger partial charge in [-0.05, 0) is 37.8 Å². The van der Waals surface area contributed by atoms with Gasteiger partial charge in [0.15, 0.2) is 0 Å². The lowest BCUT2D eigenvalue weighted by Gasteiger charge is -2.22. The topological polar surface area (TPSA) is 116 Å². The van der Waals surface area contributed by atoms with Crippen LogP contribution < -0.4 is 4.74 Å². The van der Waals surface area contributed by atoms with Gasteiger partial charge in [-0.25, -0.2) is 4.79 Å². The van der Waals surface area contributed by atoms with Crippen molar-refractivity contribution in [1.82, 2.24) is 0 Å². The highest BCUT2D eigenvalue weighted by Gasteiger charge is 2.25. The summed E-state index contributed by atoms with van der Waals surface area (Å²) in [6.45, 7) is 1.69. The molecule has 0 amide bonds. The second-order valence-corrected chi connectivity index (χ2v) is 6.50. The fraction of sp³-hybridized carbons (Fsp3) is 0.526. The molecule has 1 aromatic rings. The number of carbonyl (C=O) groups is 1. The SMILES string of the molecule is COc1cc(O)c2c(c1)CCC[C@H](O)[C@H](O)C(O)/C=C\C[C@H](C)OC2=O. The van der Waals surface area contributed by atoms with Gasteiger partial charge in [-0.15, -0.1) is 0 Å². The van der Waals surface area contributed by atoms with E-state index in [-0.39, 0.29) is 17.7 Å². The summed E-state index contributed by atoms with van der Waals surface area (Å²) in [5.74, 6) is -0.461. The largest absolute Gasteiger partial charge is 0.507 e. The van der Waals surface area contributed by atoms with E-state index in [0.717, 1.165) is 0 Å². The Labute approximate surface area is 152 Å². The molecular formula is C19H26O7. The van der Waals surface area contributed by atoms with E-state index in [2.05, 4.69) is 0 Å². The summed E-state index contributed by atoms with van der Waals surface area (Å²) in [6.07, 6.45) is 0.176. The highest BCUT2D eigenvalue weighted by molar-refractivity contribution is 5.94. The summed E-state index contributed by atoms with van der Waals surface area (Å²) < 4.78 is 10.5. The van der Waals surface area contributed by atoms with E-state index in [4.69, 9.17) is 9.47 Å². The van der Waals surface area contributed by atoms with Crippen molar-refractivity contribution in [2.45, 2.75) is 57.0 Å². The maximum Gasteiger partial charge on any atom is 0.342 e. The summed E-state index contributed by atoms with van der Waals surface area (Å²) in [5.41, 5.74) is 0.614. The van der Waals surface area contributed by atoms with E-state index in [9.17, 15) is 25.2 Å². The molecule has 0 bridgehead atoms. The number of hydrogen-bond acceptors (Lipinski definition) is 7. The number of methoxy groups -OCH3 is 1. The van der Waals surface area contributed by atoms with E-state index < -0.39 is 30.4 Å². The minimum Gasteiger partial charge on any atom is -0.507 e. The highest BCUT2D eigenvalue weighted by Crippen LogP contribution is 2.30. The quantitative estimate of drug-likeness (QED) is 0.437. The van der Waals surface area contributed by atoms with Crippen LogP contribution in [-0.2, 0) is 11.2 Å². The molecule has 2 rings (SSSR count). The summed E-state index contributed by atoms with van der Waals surface area (Å²) in [7, 11) is 1.46. The molecule has 7 heteroatoms. The molecule has 144 valence electrons. The van der Waals surface area contributed by atoms with Crippen molar-refractivity contribution in [2.75, 3.05) is 7.11 Å². The van der Waals surface area contributed by atoms with Gasteiger partial charge in [0.05, 0.1) is 13.2 Å². The van der Waals surface area contributed by atoms with Crippen molar-refractivity contribution in [1.29, 1.82) is 0 Å². The Hall–Kier alpha value is -2.09. The van der Waals surface area contributed by atoms with Crippen LogP contribution in [0.3, 0.4) is 0 Å². The second-order valence-electron chi connectivity index (χ2n) is 6.50. The van der Waals surface area contributed by atoms with Gasteiger partial charge >= 0.3 is 5.97 Å². The van der Waals surface area contributed by atoms with Crippen LogP contribution in [0.25, 0.3) is 0 Å². The number of hydrogen-bond donors (Lipinski definition) is 4. The Morgan fingerprint density at radius 1 is 1.23 bits per heavy atom. The Balaban J connectivity index is 2.35. The zero-order valence-corrected chi connectivity index (χ0v) is 15.0. The number of aliphatic hydroxyl groups excluding tert-OH is 3. The molecule has 0 aliphatic carbocycles. The fourth-order valence-electron chi connectivity index (χ4n) is 2.92. The van der Waals surface area contributed by atoms with E-state index >= 15 is 0 Å². The van der Waals surface area contributed by atoms with Gasteiger partial charge in [0.25, 0.3) is 0 Å². The zero-order chi connectivity index (χ0) is 19.3. The molecule has 1 unspecified atom stereocenters. The average molecular weight is 366 g/mol. The molecule has 0 radical (unpaired) electrons. The maximum absolute atomic E-state index is 12.5. The molecular weight excluding hydrogens is 340 g/mol. The van der Waals surface area contributed by atoms with Crippen molar-refractivity contribution in [2.24, 2.45) is 0 Å². The van der Waals surface area contributed by atoms with Crippen molar-refractivity contribution < 1.29 is 34.7 Å². The number of esters is 1. The first-order valence-corrected chi connectivity index (χ1v) is 8.65. The summed E-state index contributed by atoms with van der Waals surface area (Å²) in [5, 5.41) is 40.2. The van der Waals surface area contributed by atoms with Gasteiger partial charge in [0.2, 0.25) is 0 Å². The third-order valence-electron chi connectivity index (χ3n) is 4.41. The smallest absolute Gasteiger partial charge is 0.342 e. The van der Waals surface area contributed by atoms with Crippen LogP contribution >= 0.6 is 0 Å². The number of aliphatic hydroxyl groups is 3. The summed E-state index contributed by atoms with van der Waals surface area (Å²) in [4.78, 5) is 12.5. The van der Waals surface area contributed by atoms with Gasteiger partial charge in [0, 0.05) is 12.5 Å². The molecule has 7 nitrogen and oxygen atoms in total. The van der Waals surface area contributed by atoms with E-state index in [1.54, 1.807) is 19.1 Å². The van der Waals surface area contributed by atoms with Crippen LogP contribution in [0.15, 0.2) is 24.3 Å². The van der Waals surface area contributed by atoms with Crippen molar-refractivity contribution >= 4 is 5.97 Å². The van der Waals surface area contributed by atoms with Crippen LogP contribution in [0.2, 0.25) is 0 Å². The number of fused-ring (bicyclic) bond motifs is 1. The molecule has 26 heavy (non-hydrogen) atoms. The molecule has 4 N–H and O–H groups in total. The first kappa shape index (κ1) is 20.2. The molecule has 1 heterocycles. The van der Waals surface area contributed by atoms with Gasteiger partial charge in [0.1, 0.15) is 35.4 Å². The lowest BCUT2D eigenvalue weighted by Crippen LogP contribution is -2.36. The minimum absolute atomic E-state index is 0.0776. The third kappa shape index (κ3) is 4.97. The maximum atomic E-state index is 12.5. The molecule has 0 aromatic heterocycles. The summed E-state index contributed by atoms with van der Waals surface area (Å²) >= 11 is 0. The minimum atomic E-state index is -1.30. The van der Waals surface area contributed by atoms with Crippen LogP contribution in [-0.4, -0.2) is 57.9 Å². The predicted molar refractivity (Wildman–Crippen MR) is 94.3 cm³/mol. The number of phenolic OH excluding ortho intramolecular Hbond substituents is 1. The van der Waals surface area contributed by atoms with Crippen molar-refractivity contribution in [3.05, 3.63) is 35.4 Å². The van der Waals surface area contributed by atoms with Crippen LogP contribution in [0.5, 0.6) is 11.5 Å². The number of carbonyl (C=O) groups excluding carboxylic acids is 1.